The van der Waals surface area contributed by atoms with E-state index in [1.807, 2.05) is 5.43 Å². The van der Waals surface area contributed by atoms with Crippen LogP contribution in [-0.4, -0.2) is 398 Å². The minimum absolute atomic E-state index is 0.0253. The summed E-state index contributed by atoms with van der Waals surface area (Å²) < 4.78 is 49.4. The predicted molar refractivity (Wildman–Crippen MR) is 454 cm³/mol. The van der Waals surface area contributed by atoms with Gasteiger partial charge in [-0.2, -0.15) is 0 Å². The molecule has 59 nitrogen and oxygen atoms in total. The van der Waals surface area contributed by atoms with Crippen LogP contribution in [0.1, 0.15) is 134 Å². The molecule has 13 amide bonds. The Morgan fingerprint density at radius 2 is 0.584 bits per heavy atom. The molecule has 4 aliphatic heterocycles. The normalized spacial score (nSPS) is 25.6. The fourth-order valence-corrected chi connectivity index (χ4v) is 13.9. The monoisotopic (exact) mass is 1950 g/mol. The molecular formula is C78H126N26O33. The molecule has 0 radical (unpaired) electrons. The highest BCUT2D eigenvalue weighted by atomic mass is 16.7. The standard InChI is InChI=1S/C78H126N26O33/c1-38-59(114)63(118)67(122)75(134-38)130-23-19-101-34-43(93-97-101)27-81-51(106)14-10-47(88-42(5)105)72(127)85-31-57(112)90-49(12-16-53(108)83-29-45-36-103(99-95-45)21-25-132-77-69(124)65(120)61(116)40(3)136-77)74(129)87-33-58(113)91-50(13-17-54(109)84-30-46-37-104(100-96-46)22-26-133-78-70(125)66(121)62(117)41(4)137-78)73(128)86-32-56(111)89-48(71(126)80-18-8-6-7-9-55(110)92-79)11-15-52(107)82-28-44-35-102(98-94-44)20-24-131-76-68(123)64(119)60(115)39(2)135-76/h34-41,47-50,59-70,75-78,114-125H,6-33,79H2,1-5H3,(H,80,126)(H,81,106)(H,82,107)(H,83,108)(H,84,109)(H,85,127)(H,86,128)(H,87,129)(H,88,105)(H,89,111)(H,90,112)(H,91,113)(H,92,110)/t38-,39-,40-,41-,47?,48?,49?,50?,59+,60+,61+,62+,63+,64+,65+,66+,67-,68-,69-,70-,75+,76+,77+,78+/m0/s1. The molecule has 4 unspecified atom stereocenters. The molecule has 0 saturated carbocycles. The number of carbonyl (C=O) groups excluding carboxylic acids is 13. The van der Waals surface area contributed by atoms with Crippen molar-refractivity contribution in [2.45, 2.75) is 311 Å². The van der Waals surface area contributed by atoms with Crippen molar-refractivity contribution in [2.24, 2.45) is 5.84 Å². The van der Waals surface area contributed by atoms with Crippen LogP contribution in [0.2, 0.25) is 0 Å². The summed E-state index contributed by atoms with van der Waals surface area (Å²) >= 11 is 0. The van der Waals surface area contributed by atoms with Gasteiger partial charge in [0.1, 0.15) is 120 Å². The van der Waals surface area contributed by atoms with Crippen LogP contribution in [-0.2, 0) is 153 Å². The lowest BCUT2D eigenvalue weighted by atomic mass is 10.0. The molecule has 8 heterocycles. The first-order valence-corrected chi connectivity index (χ1v) is 44.4. The molecule has 137 heavy (non-hydrogen) atoms. The van der Waals surface area contributed by atoms with E-state index in [0.717, 1.165) is 6.92 Å². The zero-order valence-electron chi connectivity index (χ0n) is 75.8. The van der Waals surface area contributed by atoms with Gasteiger partial charge in [0.25, 0.3) is 0 Å². The minimum atomic E-state index is -1.73. The van der Waals surface area contributed by atoms with Crippen LogP contribution in [0.15, 0.2) is 24.8 Å². The van der Waals surface area contributed by atoms with E-state index in [1.165, 1.54) is 71.2 Å². The van der Waals surface area contributed by atoms with Crippen molar-refractivity contribution < 1.29 is 162 Å². The number of amides is 13. The molecule has 4 saturated heterocycles. The first-order valence-electron chi connectivity index (χ1n) is 44.4. The molecular weight excluding hydrogens is 1830 g/mol. The predicted octanol–water partition coefficient (Wildman–Crippen LogP) is -14.9. The van der Waals surface area contributed by atoms with Crippen LogP contribution >= 0.6 is 0 Å². The highest BCUT2D eigenvalue weighted by molar-refractivity contribution is 5.96. The largest absolute Gasteiger partial charge is 0.388 e. The van der Waals surface area contributed by atoms with Crippen molar-refractivity contribution in [1.29, 1.82) is 0 Å². The summed E-state index contributed by atoms with van der Waals surface area (Å²) in [6, 6.07) is -6.33. The second kappa shape index (κ2) is 56.0. The van der Waals surface area contributed by atoms with Crippen molar-refractivity contribution in [3.05, 3.63) is 47.6 Å². The lowest BCUT2D eigenvalue weighted by molar-refractivity contribution is -0.293. The average Bonchev–Trinajstić information content (AvgIpc) is 1.05. The van der Waals surface area contributed by atoms with E-state index < -0.39 is 269 Å². The Labute approximate surface area is 781 Å². The van der Waals surface area contributed by atoms with E-state index in [0.29, 0.717) is 19.3 Å². The van der Waals surface area contributed by atoms with Crippen LogP contribution in [0.3, 0.4) is 0 Å². The second-order valence-electron chi connectivity index (χ2n) is 32.8. The number of aliphatic hydroxyl groups excluding tert-OH is 12. The summed E-state index contributed by atoms with van der Waals surface area (Å²) in [6.07, 6.45) is -22.8. The lowest BCUT2D eigenvalue weighted by Gasteiger charge is -2.38. The maximum Gasteiger partial charge on any atom is 0.243 e. The van der Waals surface area contributed by atoms with Gasteiger partial charge in [-0.3, -0.25) is 67.8 Å². The molecule has 766 valence electrons. The van der Waals surface area contributed by atoms with Crippen molar-refractivity contribution in [3.63, 3.8) is 0 Å². The van der Waals surface area contributed by atoms with Crippen molar-refractivity contribution in [1.82, 2.24) is 129 Å². The fraction of sp³-hybridized carbons (Fsp3) is 0.731. The number of ether oxygens (including phenoxy) is 8. The van der Waals surface area contributed by atoms with Gasteiger partial charge in [0.05, 0.1) is 148 Å². The number of carbonyl (C=O) groups is 13. The molecule has 24 atom stereocenters. The average molecular weight is 1960 g/mol. The molecule has 27 N–H and O–H groups in total. The molecule has 4 aliphatic rings. The van der Waals surface area contributed by atoms with Crippen LogP contribution in [0.5, 0.6) is 0 Å². The van der Waals surface area contributed by atoms with Gasteiger partial charge in [-0.25, -0.2) is 24.6 Å². The summed E-state index contributed by atoms with van der Waals surface area (Å²) in [5.41, 5.74) is 2.99. The Bertz CT molecular complexity index is 4550. The van der Waals surface area contributed by atoms with E-state index >= 15 is 0 Å². The number of nitrogens with one attached hydrogen (secondary N) is 13. The first kappa shape index (κ1) is 111. The Balaban J connectivity index is 0.902. The maximum absolute atomic E-state index is 14.3. The highest BCUT2D eigenvalue weighted by Gasteiger charge is 2.46. The van der Waals surface area contributed by atoms with E-state index in [2.05, 4.69) is 105 Å². The molecule has 8 rings (SSSR count). The summed E-state index contributed by atoms with van der Waals surface area (Å²) in [5, 5.41) is 184. The number of hydrazine groups is 1. The van der Waals surface area contributed by atoms with Crippen LogP contribution < -0.4 is 75.1 Å². The van der Waals surface area contributed by atoms with Gasteiger partial charge in [-0.1, -0.05) is 27.3 Å². The van der Waals surface area contributed by atoms with Gasteiger partial charge in [-0.05, 0) is 66.2 Å². The Hall–Kier alpha value is -11.2. The van der Waals surface area contributed by atoms with Crippen LogP contribution in [0.25, 0.3) is 0 Å². The van der Waals surface area contributed by atoms with Crippen molar-refractivity contribution >= 4 is 76.8 Å². The number of aliphatic hydroxyl groups is 12. The number of hydrogen-bond acceptors (Lipinski definition) is 42. The topological polar surface area (TPSA) is 844 Å². The maximum atomic E-state index is 14.3. The summed E-state index contributed by atoms with van der Waals surface area (Å²) in [7, 11) is 0. The number of rotatable bonds is 56. The summed E-state index contributed by atoms with van der Waals surface area (Å²) in [4.78, 5) is 176. The number of unbranched alkanes of at least 4 members (excludes halogenated alkanes) is 2. The molecule has 0 bridgehead atoms. The second-order valence-corrected chi connectivity index (χ2v) is 32.8. The van der Waals surface area contributed by atoms with Gasteiger partial charge >= 0.3 is 0 Å². The molecule has 0 aliphatic carbocycles. The minimum Gasteiger partial charge on any atom is -0.388 e. The Morgan fingerprint density at radius 1 is 0.328 bits per heavy atom. The quantitative estimate of drug-likeness (QED) is 0.00845. The number of nitrogens with two attached hydrogens (primary N) is 1. The Kier molecular flexibility index (Phi) is 45.5. The van der Waals surface area contributed by atoms with E-state index in [4.69, 9.17) is 43.7 Å². The third-order valence-corrected chi connectivity index (χ3v) is 22.0. The van der Waals surface area contributed by atoms with Crippen molar-refractivity contribution in [2.75, 3.05) is 52.6 Å². The lowest BCUT2D eigenvalue weighted by Crippen LogP contribution is -2.57. The summed E-state index contributed by atoms with van der Waals surface area (Å²) in [6.45, 7) is 3.21. The zero-order chi connectivity index (χ0) is 100. The third kappa shape index (κ3) is 36.6. The van der Waals surface area contributed by atoms with Crippen LogP contribution in [0, 0.1) is 0 Å². The number of hydrogen-bond donors (Lipinski definition) is 26. The fourth-order valence-electron chi connectivity index (χ4n) is 13.9. The van der Waals surface area contributed by atoms with Crippen LogP contribution in [0.4, 0.5) is 0 Å². The van der Waals surface area contributed by atoms with Crippen molar-refractivity contribution in [3.8, 4) is 0 Å². The Morgan fingerprint density at radius 3 is 0.839 bits per heavy atom. The first-order chi connectivity index (χ1) is 65.2. The van der Waals surface area contributed by atoms with Gasteiger partial charge in [0.15, 0.2) is 25.2 Å². The SMILES string of the molecule is CC(=O)NC(CCC(=O)NCc1cn(CCO[C@@H]2O[C@@H](C)[C@@H](O)[C@@H](O)[C@@H]2O)nn1)C(=O)NCC(=O)NC(CCC(=O)NCc1cn(CCO[C@@H]2O[C@@H](C)[C@@H](O)[C@@H](O)[C@@H]2O)nn1)C(=O)NCC(=O)NC(CCC(=O)NCc1cn(CCO[C@@H]2O[C@@H](C)[C@@H](O)[C@@H](O)[C@@H]2O)nn1)C(=O)NCC(=O)NC(CCC(=O)NCc1cn(CCO[C@@H]2O[C@@H](C)[C@@H](O)[C@@H](O)[C@@H]2O)nn1)C(=O)NCCCCCC(=O)NN. The van der Waals surface area contributed by atoms with Gasteiger partial charge in [-0.15, -0.1) is 20.4 Å². The van der Waals surface area contributed by atoms with E-state index in [-0.39, 0.29) is 140 Å². The third-order valence-electron chi connectivity index (χ3n) is 22.0. The van der Waals surface area contributed by atoms with E-state index in [9.17, 15) is 124 Å². The molecule has 59 heteroatoms. The smallest absolute Gasteiger partial charge is 0.243 e. The highest BCUT2D eigenvalue weighted by Crippen LogP contribution is 2.26. The zero-order valence-corrected chi connectivity index (χ0v) is 75.8. The number of nitrogens with zero attached hydrogens (tertiary/aromatic N) is 12. The van der Waals surface area contributed by atoms with Gasteiger partial charge in [0.2, 0.25) is 76.8 Å². The van der Waals surface area contributed by atoms with Gasteiger partial charge in [0, 0.05) is 45.6 Å². The summed E-state index contributed by atoms with van der Waals surface area (Å²) in [5.74, 6) is -5.85. The number of aromatic nitrogens is 12. The van der Waals surface area contributed by atoms with E-state index in [1.54, 1.807) is 0 Å². The molecule has 4 aromatic heterocycles. The molecule has 0 aromatic carbocycles. The molecule has 4 aromatic rings. The van der Waals surface area contributed by atoms with Gasteiger partial charge < -0.3 is 163 Å². The molecule has 0 spiro atoms. The molecule has 4 fully saturated rings.